The summed E-state index contributed by atoms with van der Waals surface area (Å²) in [5, 5.41) is 13.9. The molecule has 0 N–H and O–H groups in total. The first-order valence-corrected chi connectivity index (χ1v) is 18.2. The second-order valence-electron chi connectivity index (χ2n) is 13.7. The van der Waals surface area contributed by atoms with Crippen molar-refractivity contribution in [3.8, 4) is 50.7 Å². The Morgan fingerprint density at radius 1 is 0.429 bits per heavy atom. The van der Waals surface area contributed by atoms with Crippen molar-refractivity contribution < 1.29 is 13.2 Å². The number of nitrogens with zero attached hydrogens (tertiary/aromatic N) is 5. The maximum Gasteiger partial charge on any atom is 0.160 e. The van der Waals surface area contributed by atoms with Crippen LogP contribution < -0.4 is 0 Å². The molecular formula is C48H27F2N5O. The molecule has 6 nitrogen and oxygen atoms in total. The Morgan fingerprint density at radius 3 is 1.68 bits per heavy atom. The van der Waals surface area contributed by atoms with Gasteiger partial charge in [-0.25, -0.2) is 18.7 Å². The molecule has 11 rings (SSSR count). The van der Waals surface area contributed by atoms with Crippen LogP contribution in [0.4, 0.5) is 8.78 Å². The third kappa shape index (κ3) is 5.00. The number of hydrogen-bond acceptors (Lipinski definition) is 5. The van der Waals surface area contributed by atoms with Crippen LogP contribution >= 0.6 is 0 Å². The van der Waals surface area contributed by atoms with Gasteiger partial charge in [0.25, 0.3) is 0 Å². The molecule has 4 heterocycles. The van der Waals surface area contributed by atoms with Gasteiger partial charge in [0.05, 0.1) is 22.4 Å². The summed E-state index contributed by atoms with van der Waals surface area (Å²) >= 11 is 0. The van der Waals surface area contributed by atoms with Crippen molar-refractivity contribution >= 4 is 54.8 Å². The van der Waals surface area contributed by atoms with E-state index in [1.165, 1.54) is 24.3 Å². The third-order valence-electron chi connectivity index (χ3n) is 10.4. The molecule has 0 aliphatic carbocycles. The van der Waals surface area contributed by atoms with Crippen molar-refractivity contribution in [2.24, 2.45) is 0 Å². The quantitative estimate of drug-likeness (QED) is 0.177. The molecule has 7 aromatic carbocycles. The molecular weight excluding hydrogens is 701 g/mol. The van der Waals surface area contributed by atoms with Gasteiger partial charge in [0.2, 0.25) is 0 Å². The number of fused-ring (bicyclic) bond motifs is 8. The van der Waals surface area contributed by atoms with Crippen LogP contribution in [0.15, 0.2) is 168 Å². The van der Waals surface area contributed by atoms with E-state index in [9.17, 15) is 8.78 Å². The second-order valence-corrected chi connectivity index (χ2v) is 13.7. The molecule has 264 valence electrons. The molecule has 56 heavy (non-hydrogen) atoms. The number of benzene rings is 7. The highest BCUT2D eigenvalue weighted by Gasteiger charge is 2.23. The summed E-state index contributed by atoms with van der Waals surface area (Å²) in [6.07, 6.45) is 0. The van der Waals surface area contributed by atoms with E-state index < -0.39 is 0 Å². The van der Waals surface area contributed by atoms with Gasteiger partial charge < -0.3 is 8.98 Å². The van der Waals surface area contributed by atoms with Gasteiger partial charge in [-0.2, -0.15) is 0 Å². The summed E-state index contributed by atoms with van der Waals surface area (Å²) in [6.45, 7) is 0. The maximum atomic E-state index is 14.2. The lowest BCUT2D eigenvalue weighted by Crippen LogP contribution is -2.03. The summed E-state index contributed by atoms with van der Waals surface area (Å²) in [4.78, 5) is 10.5. The zero-order valence-corrected chi connectivity index (χ0v) is 29.5. The number of rotatable bonds is 5. The van der Waals surface area contributed by atoms with E-state index in [2.05, 4.69) is 53.1 Å². The third-order valence-corrected chi connectivity index (χ3v) is 10.4. The fourth-order valence-corrected chi connectivity index (χ4v) is 7.85. The highest BCUT2D eigenvalue weighted by atomic mass is 19.1. The Balaban J connectivity index is 1.19. The molecule has 0 radical (unpaired) electrons. The molecule has 0 bridgehead atoms. The molecule has 4 aromatic heterocycles. The molecule has 0 aliphatic rings. The summed E-state index contributed by atoms with van der Waals surface area (Å²) in [5.41, 5.74) is 10.6. The summed E-state index contributed by atoms with van der Waals surface area (Å²) in [6, 6.07) is 50.9. The van der Waals surface area contributed by atoms with Crippen LogP contribution in [0.25, 0.3) is 105 Å². The van der Waals surface area contributed by atoms with Gasteiger partial charge in [0, 0.05) is 49.5 Å². The van der Waals surface area contributed by atoms with Gasteiger partial charge in [0.15, 0.2) is 5.58 Å². The number of hydrogen-bond donors (Lipinski definition) is 0. The molecule has 0 spiro atoms. The zero-order chi connectivity index (χ0) is 37.3. The first-order chi connectivity index (χ1) is 27.6. The zero-order valence-electron chi connectivity index (χ0n) is 29.5. The van der Waals surface area contributed by atoms with Crippen LogP contribution in [0.5, 0.6) is 0 Å². The Hall–Kier alpha value is -7.58. The number of halogens is 2. The molecule has 0 unspecified atom stereocenters. The van der Waals surface area contributed by atoms with E-state index in [1.54, 1.807) is 24.3 Å². The predicted molar refractivity (Wildman–Crippen MR) is 218 cm³/mol. The van der Waals surface area contributed by atoms with Crippen LogP contribution in [0.1, 0.15) is 0 Å². The average molecular weight is 728 g/mol. The second kappa shape index (κ2) is 12.5. The summed E-state index contributed by atoms with van der Waals surface area (Å²) < 4.78 is 37.3. The minimum Gasteiger partial charge on any atom is -0.454 e. The number of aromatic nitrogens is 5. The normalized spacial score (nSPS) is 11.8. The fourth-order valence-electron chi connectivity index (χ4n) is 7.85. The molecule has 8 heteroatoms. The van der Waals surface area contributed by atoms with Crippen molar-refractivity contribution in [3.05, 3.63) is 175 Å². The van der Waals surface area contributed by atoms with Gasteiger partial charge in [0.1, 0.15) is 39.6 Å². The van der Waals surface area contributed by atoms with Crippen LogP contribution in [0.2, 0.25) is 0 Å². The Morgan fingerprint density at radius 2 is 0.982 bits per heavy atom. The lowest BCUT2D eigenvalue weighted by atomic mass is 10.0. The van der Waals surface area contributed by atoms with Crippen molar-refractivity contribution in [3.63, 3.8) is 0 Å². The van der Waals surface area contributed by atoms with Crippen molar-refractivity contribution in [2.45, 2.75) is 0 Å². The monoisotopic (exact) mass is 727 g/mol. The van der Waals surface area contributed by atoms with Crippen molar-refractivity contribution in [1.82, 2.24) is 24.7 Å². The Bertz CT molecular complexity index is 3320. The summed E-state index contributed by atoms with van der Waals surface area (Å²) in [7, 11) is 0. The lowest BCUT2D eigenvalue weighted by Gasteiger charge is -2.15. The van der Waals surface area contributed by atoms with E-state index in [0.29, 0.717) is 44.9 Å². The van der Waals surface area contributed by atoms with E-state index in [-0.39, 0.29) is 11.6 Å². The first-order valence-electron chi connectivity index (χ1n) is 18.2. The van der Waals surface area contributed by atoms with E-state index in [0.717, 1.165) is 60.6 Å². The van der Waals surface area contributed by atoms with Crippen molar-refractivity contribution in [1.29, 1.82) is 0 Å². The number of furan rings is 1. The highest BCUT2D eigenvalue weighted by Crippen LogP contribution is 2.42. The van der Waals surface area contributed by atoms with E-state index in [4.69, 9.17) is 24.6 Å². The molecule has 11 aromatic rings. The van der Waals surface area contributed by atoms with Gasteiger partial charge in [-0.3, -0.25) is 0 Å². The van der Waals surface area contributed by atoms with Gasteiger partial charge in [-0.1, -0.05) is 84.9 Å². The molecule has 0 atom stereocenters. The topological polar surface area (TPSA) is 69.6 Å². The maximum absolute atomic E-state index is 14.2. The smallest absolute Gasteiger partial charge is 0.160 e. The van der Waals surface area contributed by atoms with Gasteiger partial charge in [-0.15, -0.1) is 10.2 Å². The summed E-state index contributed by atoms with van der Waals surface area (Å²) in [5.74, 6) is -0.737. The molecule has 0 aliphatic heterocycles. The molecule has 0 saturated carbocycles. The largest absolute Gasteiger partial charge is 0.454 e. The van der Waals surface area contributed by atoms with Crippen LogP contribution in [0.3, 0.4) is 0 Å². The Kier molecular flexibility index (Phi) is 7.12. The average Bonchev–Trinajstić information content (AvgIpc) is 3.80. The minimum absolute atomic E-state index is 0.367. The SMILES string of the molecule is Fc1ccc(-c2nc3c(-c4ccccc4)nnc(-c4cccc(-n5c6ccccc6c6ccc7c8ccccc8oc7c65)c4)c3nc2-c2ccc(F)cc2)cc1. The first kappa shape index (κ1) is 31.9. The van der Waals surface area contributed by atoms with Crippen LogP contribution in [0, 0.1) is 11.6 Å². The number of para-hydroxylation sites is 2. The molecule has 0 saturated heterocycles. The fraction of sp³-hybridized carbons (Fsp3) is 0. The molecule has 0 fully saturated rings. The highest BCUT2D eigenvalue weighted by molar-refractivity contribution is 6.21. The van der Waals surface area contributed by atoms with E-state index in [1.807, 2.05) is 66.7 Å². The van der Waals surface area contributed by atoms with Crippen LogP contribution in [-0.4, -0.2) is 24.7 Å². The predicted octanol–water partition coefficient (Wildman–Crippen LogP) is 12.4. The van der Waals surface area contributed by atoms with E-state index >= 15 is 0 Å². The lowest BCUT2D eigenvalue weighted by molar-refractivity contribution is 0.627. The van der Waals surface area contributed by atoms with Gasteiger partial charge >= 0.3 is 0 Å². The Labute approximate surface area is 318 Å². The van der Waals surface area contributed by atoms with Crippen molar-refractivity contribution in [2.75, 3.05) is 0 Å². The standard InChI is InChI=1S/C48H27F2N5O/c49-32-21-17-29(18-22-32)41-42(30-19-23-33(50)24-20-30)52-46-44(54-53-43(45(46)51-41)28-9-2-1-3-10-28)31-11-8-12-34(27-31)55-39-15-6-4-13-35(39)37-25-26-38-36-14-5-7-16-40(36)56-48(38)47(37)55/h1-27H. The van der Waals surface area contributed by atoms with Crippen LogP contribution in [-0.2, 0) is 0 Å². The minimum atomic E-state index is -0.370. The van der Waals surface area contributed by atoms with Gasteiger partial charge in [-0.05, 0) is 78.9 Å². The molecule has 0 amide bonds.